The van der Waals surface area contributed by atoms with Crippen molar-refractivity contribution in [1.29, 1.82) is 0 Å². The summed E-state index contributed by atoms with van der Waals surface area (Å²) >= 11 is 0. The predicted octanol–water partition coefficient (Wildman–Crippen LogP) is 1.04. The second-order valence-electron chi connectivity index (χ2n) is 5.81. The summed E-state index contributed by atoms with van der Waals surface area (Å²) in [6, 6.07) is 8.21. The third-order valence-electron chi connectivity index (χ3n) is 3.85. The molecule has 2 heterocycles. The third kappa shape index (κ3) is 2.76. The van der Waals surface area contributed by atoms with Gasteiger partial charge in [-0.2, -0.15) is 0 Å². The molecule has 0 unspecified atom stereocenters. The van der Waals surface area contributed by atoms with E-state index < -0.39 is 5.76 Å². The fraction of sp³-hybridized carbons (Fsp3) is 0.235. The summed E-state index contributed by atoms with van der Waals surface area (Å²) in [5.74, 6) is -0.605. The molecule has 2 aromatic heterocycles. The van der Waals surface area contributed by atoms with Crippen molar-refractivity contribution in [3.8, 4) is 0 Å². The van der Waals surface area contributed by atoms with Crippen molar-refractivity contribution in [3.63, 3.8) is 0 Å². The molecule has 0 atom stereocenters. The average molecular weight is 327 g/mol. The zero-order valence-electron chi connectivity index (χ0n) is 13.6. The van der Waals surface area contributed by atoms with Gasteiger partial charge >= 0.3 is 5.76 Å². The van der Waals surface area contributed by atoms with E-state index in [1.807, 2.05) is 6.07 Å². The molecule has 1 amide bonds. The molecule has 0 N–H and O–H groups in total. The third-order valence-corrected chi connectivity index (χ3v) is 3.85. The first-order chi connectivity index (χ1) is 11.4. The van der Waals surface area contributed by atoms with E-state index in [-0.39, 0.29) is 18.0 Å². The lowest BCUT2D eigenvalue weighted by Gasteiger charge is -2.12. The van der Waals surface area contributed by atoms with E-state index in [4.69, 9.17) is 4.42 Å². The van der Waals surface area contributed by atoms with E-state index in [1.54, 1.807) is 33.3 Å². The van der Waals surface area contributed by atoms with Crippen LogP contribution >= 0.6 is 0 Å². The minimum atomic E-state index is -0.433. The summed E-state index contributed by atoms with van der Waals surface area (Å²) in [5, 5.41) is 0. The highest BCUT2D eigenvalue weighted by atomic mass is 16.4. The van der Waals surface area contributed by atoms with Crippen molar-refractivity contribution in [1.82, 2.24) is 14.0 Å². The van der Waals surface area contributed by atoms with Crippen LogP contribution in [0.4, 0.5) is 0 Å². The lowest BCUT2D eigenvalue weighted by Crippen LogP contribution is -2.26. The molecule has 3 aromatic rings. The number of pyridine rings is 1. The van der Waals surface area contributed by atoms with Crippen LogP contribution in [0, 0.1) is 0 Å². The van der Waals surface area contributed by atoms with Gasteiger partial charge in [0, 0.05) is 33.4 Å². The molecule has 0 aliphatic carbocycles. The molecule has 7 nitrogen and oxygen atoms in total. The van der Waals surface area contributed by atoms with E-state index in [0.717, 1.165) is 5.56 Å². The van der Waals surface area contributed by atoms with Gasteiger partial charge in [0.15, 0.2) is 5.58 Å². The van der Waals surface area contributed by atoms with Gasteiger partial charge in [-0.25, -0.2) is 4.79 Å². The van der Waals surface area contributed by atoms with Crippen LogP contribution in [0.2, 0.25) is 0 Å². The first kappa shape index (κ1) is 15.8. The number of amides is 1. The quantitative estimate of drug-likeness (QED) is 0.720. The fourth-order valence-electron chi connectivity index (χ4n) is 2.51. The van der Waals surface area contributed by atoms with E-state index >= 15 is 0 Å². The van der Waals surface area contributed by atoms with Crippen LogP contribution < -0.4 is 11.3 Å². The minimum Gasteiger partial charge on any atom is -0.408 e. The fourth-order valence-corrected chi connectivity index (χ4v) is 2.51. The van der Waals surface area contributed by atoms with Crippen molar-refractivity contribution in [2.24, 2.45) is 7.05 Å². The molecule has 0 fully saturated rings. The molecule has 0 bridgehead atoms. The number of aromatic nitrogens is 2. The smallest absolute Gasteiger partial charge is 0.408 e. The van der Waals surface area contributed by atoms with Crippen LogP contribution in [-0.4, -0.2) is 34.0 Å². The maximum Gasteiger partial charge on any atom is 0.419 e. The number of hydrogen-bond acceptors (Lipinski definition) is 4. The van der Waals surface area contributed by atoms with Gasteiger partial charge < -0.3 is 13.9 Å². The summed E-state index contributed by atoms with van der Waals surface area (Å²) < 4.78 is 8.04. The Labute approximate surface area is 137 Å². The lowest BCUT2D eigenvalue weighted by molar-refractivity contribution is 0.0826. The van der Waals surface area contributed by atoms with Crippen LogP contribution in [0.1, 0.15) is 15.9 Å². The summed E-state index contributed by atoms with van der Waals surface area (Å²) in [6.07, 6.45) is 1.54. The average Bonchev–Trinajstić information content (AvgIpc) is 2.83. The van der Waals surface area contributed by atoms with Crippen LogP contribution in [0.3, 0.4) is 0 Å². The van der Waals surface area contributed by atoms with Gasteiger partial charge in [-0.3, -0.25) is 14.2 Å². The zero-order valence-corrected chi connectivity index (χ0v) is 13.6. The molecule has 0 spiro atoms. The highest BCUT2D eigenvalue weighted by molar-refractivity contribution is 5.93. The van der Waals surface area contributed by atoms with Gasteiger partial charge in [-0.15, -0.1) is 0 Å². The van der Waals surface area contributed by atoms with Crippen molar-refractivity contribution >= 4 is 17.0 Å². The molecular formula is C17H17N3O4. The SMILES string of the molecule is CN(C)C(=O)c1ccc(=O)n(Cc2ccc3c(c2)oc(=O)n3C)c1. The Hall–Kier alpha value is -3.09. The number of benzene rings is 1. The maximum atomic E-state index is 12.1. The highest BCUT2D eigenvalue weighted by Gasteiger charge is 2.11. The summed E-state index contributed by atoms with van der Waals surface area (Å²) in [6.45, 7) is 0.280. The molecule has 1 aromatic carbocycles. The van der Waals surface area contributed by atoms with E-state index in [2.05, 4.69) is 0 Å². The number of nitrogens with zero attached hydrogens (tertiary/aromatic N) is 3. The number of aryl methyl sites for hydroxylation is 1. The van der Waals surface area contributed by atoms with E-state index in [9.17, 15) is 14.4 Å². The summed E-state index contributed by atoms with van der Waals surface area (Å²) in [4.78, 5) is 37.1. The normalized spacial score (nSPS) is 11.0. The summed E-state index contributed by atoms with van der Waals surface area (Å²) in [7, 11) is 4.95. The zero-order chi connectivity index (χ0) is 17.4. The minimum absolute atomic E-state index is 0.173. The Morgan fingerprint density at radius 3 is 2.62 bits per heavy atom. The molecule has 124 valence electrons. The Bertz CT molecular complexity index is 1040. The Balaban J connectivity index is 1.99. The highest BCUT2D eigenvalue weighted by Crippen LogP contribution is 2.15. The van der Waals surface area contributed by atoms with Crippen LogP contribution in [-0.2, 0) is 13.6 Å². The Morgan fingerprint density at radius 2 is 1.92 bits per heavy atom. The molecular weight excluding hydrogens is 310 g/mol. The number of oxazole rings is 1. The first-order valence-corrected chi connectivity index (χ1v) is 7.37. The van der Waals surface area contributed by atoms with E-state index in [0.29, 0.717) is 16.7 Å². The van der Waals surface area contributed by atoms with Crippen LogP contribution in [0.25, 0.3) is 11.1 Å². The Morgan fingerprint density at radius 1 is 1.17 bits per heavy atom. The standard InChI is InChI=1S/C17H17N3O4/c1-18(2)16(22)12-5-7-15(21)20(10-12)9-11-4-6-13-14(8-11)24-17(23)19(13)3/h4-8,10H,9H2,1-3H3. The molecule has 0 aliphatic heterocycles. The number of carbonyl (C=O) groups is 1. The topological polar surface area (TPSA) is 77.5 Å². The molecule has 0 radical (unpaired) electrons. The molecule has 0 aliphatic rings. The second-order valence-corrected chi connectivity index (χ2v) is 5.81. The number of carbonyl (C=O) groups excluding carboxylic acids is 1. The van der Waals surface area contributed by atoms with E-state index in [1.165, 1.54) is 32.4 Å². The molecule has 7 heteroatoms. The van der Waals surface area contributed by atoms with Crippen molar-refractivity contribution in [2.45, 2.75) is 6.54 Å². The van der Waals surface area contributed by atoms with Gasteiger partial charge in [0.05, 0.1) is 17.6 Å². The Kier molecular flexibility index (Phi) is 3.84. The van der Waals surface area contributed by atoms with Crippen molar-refractivity contribution in [3.05, 3.63) is 68.6 Å². The molecule has 0 saturated carbocycles. The second kappa shape index (κ2) is 5.84. The number of rotatable bonds is 3. The van der Waals surface area contributed by atoms with Gasteiger partial charge in [-0.1, -0.05) is 6.07 Å². The van der Waals surface area contributed by atoms with Gasteiger partial charge in [0.1, 0.15) is 0 Å². The first-order valence-electron chi connectivity index (χ1n) is 7.37. The monoisotopic (exact) mass is 327 g/mol. The predicted molar refractivity (Wildman–Crippen MR) is 89.3 cm³/mol. The number of hydrogen-bond donors (Lipinski definition) is 0. The van der Waals surface area contributed by atoms with Crippen molar-refractivity contribution < 1.29 is 9.21 Å². The maximum absolute atomic E-state index is 12.1. The largest absolute Gasteiger partial charge is 0.419 e. The van der Waals surface area contributed by atoms with Crippen LogP contribution in [0.15, 0.2) is 50.5 Å². The molecule has 3 rings (SSSR count). The molecule has 24 heavy (non-hydrogen) atoms. The van der Waals surface area contributed by atoms with Gasteiger partial charge in [0.2, 0.25) is 0 Å². The molecule has 0 saturated heterocycles. The van der Waals surface area contributed by atoms with Crippen LogP contribution in [0.5, 0.6) is 0 Å². The van der Waals surface area contributed by atoms with Gasteiger partial charge in [-0.05, 0) is 23.8 Å². The van der Waals surface area contributed by atoms with Crippen molar-refractivity contribution in [2.75, 3.05) is 14.1 Å². The van der Waals surface area contributed by atoms with Gasteiger partial charge in [0.25, 0.3) is 11.5 Å². The summed E-state index contributed by atoms with van der Waals surface area (Å²) in [5.41, 5.74) is 2.18. The number of fused-ring (bicyclic) bond motifs is 1. The lowest BCUT2D eigenvalue weighted by atomic mass is 10.2.